The molecule has 2 N–H and O–H groups in total. The molecule has 0 bridgehead atoms. The van der Waals surface area contributed by atoms with Crippen molar-refractivity contribution < 1.29 is 4.74 Å². The maximum absolute atomic E-state index is 5.80. The summed E-state index contributed by atoms with van der Waals surface area (Å²) in [6.07, 6.45) is 2.24. The number of hydrogen-bond acceptors (Lipinski definition) is 5. The summed E-state index contributed by atoms with van der Waals surface area (Å²) in [7, 11) is 3.52. The van der Waals surface area contributed by atoms with E-state index in [-0.39, 0.29) is 6.04 Å². The highest BCUT2D eigenvalue weighted by atomic mass is 16.5. The third-order valence-corrected chi connectivity index (χ3v) is 3.99. The Labute approximate surface area is 124 Å². The molecule has 1 aliphatic heterocycles. The second-order valence-electron chi connectivity index (χ2n) is 5.43. The SMILES string of the molecule is COc1cccc(CN2CCCC2c2nc(N)n(C)n2)c1. The van der Waals surface area contributed by atoms with Crippen molar-refractivity contribution in [2.24, 2.45) is 7.05 Å². The van der Waals surface area contributed by atoms with Crippen molar-refractivity contribution in [1.82, 2.24) is 19.7 Å². The Morgan fingerprint density at radius 2 is 2.29 bits per heavy atom. The lowest BCUT2D eigenvalue weighted by Gasteiger charge is -2.22. The summed E-state index contributed by atoms with van der Waals surface area (Å²) in [6, 6.07) is 8.44. The summed E-state index contributed by atoms with van der Waals surface area (Å²) in [5, 5.41) is 4.43. The minimum absolute atomic E-state index is 0.250. The average Bonchev–Trinajstić information content (AvgIpc) is 3.06. The molecule has 6 heteroatoms. The molecule has 1 fully saturated rings. The molecule has 0 aliphatic carbocycles. The summed E-state index contributed by atoms with van der Waals surface area (Å²) < 4.78 is 6.92. The van der Waals surface area contributed by atoms with Gasteiger partial charge in [0, 0.05) is 13.6 Å². The molecule has 1 aromatic carbocycles. The van der Waals surface area contributed by atoms with Crippen LogP contribution in [0.3, 0.4) is 0 Å². The first-order valence-corrected chi connectivity index (χ1v) is 7.21. The van der Waals surface area contributed by atoms with E-state index in [4.69, 9.17) is 10.5 Å². The predicted molar refractivity (Wildman–Crippen MR) is 80.8 cm³/mol. The Morgan fingerprint density at radius 3 is 3.00 bits per heavy atom. The molecule has 1 aliphatic rings. The van der Waals surface area contributed by atoms with Gasteiger partial charge >= 0.3 is 0 Å². The van der Waals surface area contributed by atoms with Gasteiger partial charge in [0.15, 0.2) is 5.82 Å². The number of nitrogen functional groups attached to an aromatic ring is 1. The van der Waals surface area contributed by atoms with Crippen LogP contribution >= 0.6 is 0 Å². The molecule has 0 radical (unpaired) electrons. The van der Waals surface area contributed by atoms with Crippen molar-refractivity contribution in [3.05, 3.63) is 35.7 Å². The molecule has 1 unspecified atom stereocenters. The van der Waals surface area contributed by atoms with Crippen molar-refractivity contribution in [2.75, 3.05) is 19.4 Å². The zero-order valence-electron chi connectivity index (χ0n) is 12.5. The van der Waals surface area contributed by atoms with Gasteiger partial charge in [-0.25, -0.2) is 4.68 Å². The lowest BCUT2D eigenvalue weighted by molar-refractivity contribution is 0.239. The fourth-order valence-corrected chi connectivity index (χ4v) is 2.87. The van der Waals surface area contributed by atoms with Gasteiger partial charge in [-0.3, -0.25) is 4.90 Å². The Balaban J connectivity index is 1.77. The average molecular weight is 287 g/mol. The standard InChI is InChI=1S/C15H21N5O/c1-19-15(16)17-14(18-19)13-7-4-8-20(13)10-11-5-3-6-12(9-11)21-2/h3,5-6,9,13H,4,7-8,10H2,1-2H3,(H2,16,17,18). The third-order valence-electron chi connectivity index (χ3n) is 3.99. The van der Waals surface area contributed by atoms with E-state index in [0.717, 1.165) is 37.5 Å². The molecule has 0 saturated carbocycles. The maximum atomic E-state index is 5.80. The molecule has 2 heterocycles. The molecule has 3 rings (SSSR count). The van der Waals surface area contributed by atoms with Crippen LogP contribution in [0.2, 0.25) is 0 Å². The van der Waals surface area contributed by atoms with Crippen LogP contribution in [0.4, 0.5) is 5.95 Å². The largest absolute Gasteiger partial charge is 0.497 e. The molecule has 1 aromatic heterocycles. The van der Waals surface area contributed by atoms with E-state index in [1.54, 1.807) is 11.8 Å². The Hall–Kier alpha value is -2.08. The highest BCUT2D eigenvalue weighted by Crippen LogP contribution is 2.32. The molecule has 0 amide bonds. The quantitative estimate of drug-likeness (QED) is 0.927. The zero-order valence-corrected chi connectivity index (χ0v) is 12.5. The van der Waals surface area contributed by atoms with Crippen LogP contribution in [0.15, 0.2) is 24.3 Å². The van der Waals surface area contributed by atoms with Gasteiger partial charge in [-0.1, -0.05) is 12.1 Å². The summed E-state index contributed by atoms with van der Waals surface area (Å²) in [5.74, 6) is 2.19. The van der Waals surface area contributed by atoms with Crippen molar-refractivity contribution in [3.8, 4) is 5.75 Å². The van der Waals surface area contributed by atoms with Crippen molar-refractivity contribution in [3.63, 3.8) is 0 Å². The van der Waals surface area contributed by atoms with Gasteiger partial charge in [0.05, 0.1) is 13.2 Å². The number of aryl methyl sites for hydroxylation is 1. The van der Waals surface area contributed by atoms with Crippen LogP contribution in [-0.2, 0) is 13.6 Å². The number of methoxy groups -OCH3 is 1. The third kappa shape index (κ3) is 2.85. The predicted octanol–water partition coefficient (Wildman–Crippen LogP) is 1.74. The van der Waals surface area contributed by atoms with Gasteiger partial charge in [-0.15, -0.1) is 0 Å². The molecule has 1 saturated heterocycles. The number of aromatic nitrogens is 3. The minimum atomic E-state index is 0.250. The maximum Gasteiger partial charge on any atom is 0.218 e. The molecular formula is C15H21N5O. The molecule has 2 aromatic rings. The van der Waals surface area contributed by atoms with Gasteiger partial charge in [-0.05, 0) is 37.1 Å². The Bertz CT molecular complexity index is 605. The van der Waals surface area contributed by atoms with Crippen LogP contribution in [-0.4, -0.2) is 33.3 Å². The van der Waals surface area contributed by atoms with Gasteiger partial charge in [0.25, 0.3) is 0 Å². The fraction of sp³-hybridized carbons (Fsp3) is 0.467. The number of likely N-dealkylation sites (tertiary alicyclic amines) is 1. The Morgan fingerprint density at radius 1 is 1.43 bits per heavy atom. The number of anilines is 1. The highest BCUT2D eigenvalue weighted by Gasteiger charge is 2.29. The van der Waals surface area contributed by atoms with Gasteiger partial charge in [0.2, 0.25) is 5.95 Å². The van der Waals surface area contributed by atoms with Crippen molar-refractivity contribution in [2.45, 2.75) is 25.4 Å². The highest BCUT2D eigenvalue weighted by molar-refractivity contribution is 5.28. The minimum Gasteiger partial charge on any atom is -0.497 e. The first kappa shape index (κ1) is 13.9. The van der Waals surface area contributed by atoms with E-state index in [2.05, 4.69) is 27.1 Å². The summed E-state index contributed by atoms with van der Waals surface area (Å²) in [6.45, 7) is 1.93. The second kappa shape index (κ2) is 5.73. The van der Waals surface area contributed by atoms with Crippen molar-refractivity contribution >= 4 is 5.95 Å². The number of ether oxygens (including phenoxy) is 1. The van der Waals surface area contributed by atoms with Crippen molar-refractivity contribution in [1.29, 1.82) is 0 Å². The van der Waals surface area contributed by atoms with E-state index < -0.39 is 0 Å². The Kier molecular flexibility index (Phi) is 3.79. The van der Waals surface area contributed by atoms with Crippen LogP contribution < -0.4 is 10.5 Å². The lowest BCUT2D eigenvalue weighted by atomic mass is 10.1. The molecular weight excluding hydrogens is 266 g/mol. The first-order valence-electron chi connectivity index (χ1n) is 7.21. The van der Waals surface area contributed by atoms with Gasteiger partial charge < -0.3 is 10.5 Å². The normalized spacial score (nSPS) is 19.0. The summed E-state index contributed by atoms with van der Waals surface area (Å²) in [4.78, 5) is 6.79. The van der Waals surface area contributed by atoms with E-state index in [0.29, 0.717) is 5.95 Å². The molecule has 0 spiro atoms. The molecule has 6 nitrogen and oxygen atoms in total. The van der Waals surface area contributed by atoms with Gasteiger partial charge in [0.1, 0.15) is 5.75 Å². The van der Waals surface area contributed by atoms with Crippen LogP contribution in [0.5, 0.6) is 5.75 Å². The smallest absolute Gasteiger partial charge is 0.218 e. The van der Waals surface area contributed by atoms with Gasteiger partial charge in [-0.2, -0.15) is 10.1 Å². The van der Waals surface area contributed by atoms with E-state index in [1.807, 2.05) is 19.2 Å². The number of nitrogens with two attached hydrogens (primary N) is 1. The molecule has 21 heavy (non-hydrogen) atoms. The topological polar surface area (TPSA) is 69.2 Å². The first-order chi connectivity index (χ1) is 10.2. The van der Waals surface area contributed by atoms with E-state index >= 15 is 0 Å². The van der Waals surface area contributed by atoms with Crippen LogP contribution in [0.1, 0.15) is 30.3 Å². The number of nitrogens with zero attached hydrogens (tertiary/aromatic N) is 4. The lowest BCUT2D eigenvalue weighted by Crippen LogP contribution is -2.23. The van der Waals surface area contributed by atoms with Crippen LogP contribution in [0, 0.1) is 0 Å². The number of benzene rings is 1. The number of rotatable bonds is 4. The molecule has 1 atom stereocenters. The fourth-order valence-electron chi connectivity index (χ4n) is 2.87. The molecule has 112 valence electrons. The monoisotopic (exact) mass is 287 g/mol. The summed E-state index contributed by atoms with van der Waals surface area (Å²) in [5.41, 5.74) is 7.04. The summed E-state index contributed by atoms with van der Waals surface area (Å²) >= 11 is 0. The number of hydrogen-bond donors (Lipinski definition) is 1. The van der Waals surface area contributed by atoms with E-state index in [1.165, 1.54) is 5.56 Å². The van der Waals surface area contributed by atoms with Crippen LogP contribution in [0.25, 0.3) is 0 Å². The zero-order chi connectivity index (χ0) is 14.8. The van der Waals surface area contributed by atoms with E-state index in [9.17, 15) is 0 Å². The second-order valence-corrected chi connectivity index (χ2v) is 5.43.